The van der Waals surface area contributed by atoms with Crippen molar-refractivity contribution in [1.29, 1.82) is 5.41 Å². The SMILES string of the molecule is N=C(N)[C@H](O)[C@H](O)[C@H](O)CO. The van der Waals surface area contributed by atoms with Gasteiger partial charge in [0, 0.05) is 0 Å². The summed E-state index contributed by atoms with van der Waals surface area (Å²) in [7, 11) is 0. The van der Waals surface area contributed by atoms with Crippen LogP contribution in [0.5, 0.6) is 0 Å². The van der Waals surface area contributed by atoms with Crippen molar-refractivity contribution in [2.75, 3.05) is 6.61 Å². The number of nitrogens with two attached hydrogens (primary N) is 1. The van der Waals surface area contributed by atoms with Crippen LogP contribution in [0.4, 0.5) is 0 Å². The average Bonchev–Trinajstić information content (AvgIpc) is 2.00. The van der Waals surface area contributed by atoms with Crippen molar-refractivity contribution in [1.82, 2.24) is 0 Å². The lowest BCUT2D eigenvalue weighted by Crippen LogP contribution is -2.46. The van der Waals surface area contributed by atoms with Crippen LogP contribution in [-0.4, -0.2) is 51.2 Å². The van der Waals surface area contributed by atoms with Crippen LogP contribution in [0, 0.1) is 5.41 Å². The predicted molar refractivity (Wildman–Crippen MR) is 37.0 cm³/mol. The molecule has 0 saturated carbocycles. The first-order valence-corrected chi connectivity index (χ1v) is 2.99. The number of hydrogen-bond acceptors (Lipinski definition) is 5. The Morgan fingerprint density at radius 2 is 1.82 bits per heavy atom. The summed E-state index contributed by atoms with van der Waals surface area (Å²) in [6, 6.07) is 0. The number of rotatable bonds is 4. The van der Waals surface area contributed by atoms with E-state index in [2.05, 4.69) is 0 Å². The van der Waals surface area contributed by atoms with Crippen molar-refractivity contribution in [3.05, 3.63) is 0 Å². The highest BCUT2D eigenvalue weighted by Gasteiger charge is 2.25. The molecule has 0 heterocycles. The van der Waals surface area contributed by atoms with Crippen molar-refractivity contribution >= 4 is 5.84 Å². The molecule has 6 heteroatoms. The molecule has 11 heavy (non-hydrogen) atoms. The Morgan fingerprint density at radius 1 is 1.36 bits per heavy atom. The van der Waals surface area contributed by atoms with E-state index in [4.69, 9.17) is 31.6 Å². The van der Waals surface area contributed by atoms with Crippen molar-refractivity contribution in [2.45, 2.75) is 18.3 Å². The number of hydrogen-bond donors (Lipinski definition) is 6. The van der Waals surface area contributed by atoms with E-state index in [0.29, 0.717) is 0 Å². The third-order valence-corrected chi connectivity index (χ3v) is 1.22. The molecule has 6 nitrogen and oxygen atoms in total. The summed E-state index contributed by atoms with van der Waals surface area (Å²) < 4.78 is 0. The van der Waals surface area contributed by atoms with Gasteiger partial charge in [-0.1, -0.05) is 0 Å². The molecule has 0 unspecified atom stereocenters. The standard InChI is InChI=1S/C5H12N2O4/c6-5(7)4(11)3(10)2(9)1-8/h2-4,8-11H,1H2,(H3,6,7)/t2-,3-,4-/m1/s1. The minimum atomic E-state index is -1.63. The zero-order valence-electron chi connectivity index (χ0n) is 5.81. The molecule has 0 aromatic rings. The highest BCUT2D eigenvalue weighted by atomic mass is 16.4. The second-order valence-electron chi connectivity index (χ2n) is 2.14. The Morgan fingerprint density at radius 3 is 2.09 bits per heavy atom. The predicted octanol–water partition coefficient (Wildman–Crippen LogP) is -3.00. The van der Waals surface area contributed by atoms with E-state index >= 15 is 0 Å². The summed E-state index contributed by atoms with van der Waals surface area (Å²) in [6.07, 6.45) is -4.72. The van der Waals surface area contributed by atoms with Crippen LogP contribution < -0.4 is 5.73 Å². The van der Waals surface area contributed by atoms with Gasteiger partial charge < -0.3 is 26.2 Å². The molecule has 0 spiro atoms. The minimum Gasteiger partial charge on any atom is -0.394 e. The summed E-state index contributed by atoms with van der Waals surface area (Å²) >= 11 is 0. The highest BCUT2D eigenvalue weighted by molar-refractivity contribution is 5.82. The van der Waals surface area contributed by atoms with Crippen molar-refractivity contribution in [3.8, 4) is 0 Å². The van der Waals surface area contributed by atoms with E-state index in [1.165, 1.54) is 0 Å². The summed E-state index contributed by atoms with van der Waals surface area (Å²) in [5, 5.41) is 41.4. The fourth-order valence-corrected chi connectivity index (χ4v) is 0.502. The largest absolute Gasteiger partial charge is 0.394 e. The van der Waals surface area contributed by atoms with E-state index in [1.54, 1.807) is 0 Å². The molecule has 0 amide bonds. The lowest BCUT2D eigenvalue weighted by atomic mass is 10.1. The summed E-state index contributed by atoms with van der Waals surface area (Å²) in [5.74, 6) is -0.648. The second kappa shape index (κ2) is 4.24. The Bertz CT molecular complexity index is 140. The lowest BCUT2D eigenvalue weighted by molar-refractivity contribution is -0.0559. The maximum Gasteiger partial charge on any atom is 0.139 e. The first-order chi connectivity index (χ1) is 5.00. The van der Waals surface area contributed by atoms with Crippen molar-refractivity contribution < 1.29 is 20.4 Å². The van der Waals surface area contributed by atoms with E-state index in [9.17, 15) is 0 Å². The average molecular weight is 164 g/mol. The highest BCUT2D eigenvalue weighted by Crippen LogP contribution is 1.98. The molecule has 0 radical (unpaired) electrons. The van der Waals surface area contributed by atoms with Crippen LogP contribution in [0.25, 0.3) is 0 Å². The lowest BCUT2D eigenvalue weighted by Gasteiger charge is -2.19. The van der Waals surface area contributed by atoms with Gasteiger partial charge in [-0.25, -0.2) is 0 Å². The maximum atomic E-state index is 8.88. The summed E-state index contributed by atoms with van der Waals surface area (Å²) in [4.78, 5) is 0. The second-order valence-corrected chi connectivity index (χ2v) is 2.14. The van der Waals surface area contributed by atoms with E-state index < -0.39 is 30.8 Å². The molecular weight excluding hydrogens is 152 g/mol. The third-order valence-electron chi connectivity index (χ3n) is 1.22. The molecule has 0 fully saturated rings. The topological polar surface area (TPSA) is 131 Å². The fraction of sp³-hybridized carbons (Fsp3) is 0.800. The molecule has 0 aromatic carbocycles. The zero-order valence-corrected chi connectivity index (χ0v) is 5.81. The van der Waals surface area contributed by atoms with Gasteiger partial charge in [0.15, 0.2) is 0 Å². The molecule has 0 bridgehead atoms. The van der Waals surface area contributed by atoms with Gasteiger partial charge in [-0.3, -0.25) is 5.41 Å². The van der Waals surface area contributed by atoms with Crippen LogP contribution in [0.15, 0.2) is 0 Å². The quantitative estimate of drug-likeness (QED) is 0.195. The number of amidine groups is 1. The number of nitrogens with one attached hydrogen (secondary N) is 1. The zero-order chi connectivity index (χ0) is 9.02. The van der Waals surface area contributed by atoms with E-state index in [1.807, 2.05) is 0 Å². The van der Waals surface area contributed by atoms with Crippen molar-refractivity contribution in [2.24, 2.45) is 5.73 Å². The molecule has 3 atom stereocenters. The monoisotopic (exact) mass is 164 g/mol. The van der Waals surface area contributed by atoms with Gasteiger partial charge in [0.2, 0.25) is 0 Å². The molecule has 0 saturated heterocycles. The number of aliphatic hydroxyl groups excluding tert-OH is 4. The smallest absolute Gasteiger partial charge is 0.139 e. The van der Waals surface area contributed by atoms with Crippen LogP contribution in [-0.2, 0) is 0 Å². The molecule has 66 valence electrons. The molecule has 7 N–H and O–H groups in total. The molecule has 0 aromatic heterocycles. The van der Waals surface area contributed by atoms with Crippen molar-refractivity contribution in [3.63, 3.8) is 0 Å². The Balaban J connectivity index is 4.00. The van der Waals surface area contributed by atoms with Gasteiger partial charge in [-0.15, -0.1) is 0 Å². The van der Waals surface area contributed by atoms with Crippen LogP contribution >= 0.6 is 0 Å². The molecule has 0 aliphatic carbocycles. The van der Waals surface area contributed by atoms with Gasteiger partial charge in [0.05, 0.1) is 6.61 Å². The first-order valence-electron chi connectivity index (χ1n) is 2.99. The van der Waals surface area contributed by atoms with Gasteiger partial charge >= 0.3 is 0 Å². The van der Waals surface area contributed by atoms with Crippen LogP contribution in [0.2, 0.25) is 0 Å². The Hall–Kier alpha value is -0.690. The van der Waals surface area contributed by atoms with Crippen LogP contribution in [0.3, 0.4) is 0 Å². The van der Waals surface area contributed by atoms with E-state index in [-0.39, 0.29) is 0 Å². The van der Waals surface area contributed by atoms with Gasteiger partial charge in [0.1, 0.15) is 24.1 Å². The van der Waals surface area contributed by atoms with Gasteiger partial charge in [-0.2, -0.15) is 0 Å². The van der Waals surface area contributed by atoms with E-state index in [0.717, 1.165) is 0 Å². The summed E-state index contributed by atoms with van der Waals surface area (Å²) in [6.45, 7) is -0.689. The fourth-order valence-electron chi connectivity index (χ4n) is 0.502. The maximum absolute atomic E-state index is 8.88. The number of aliphatic hydroxyl groups is 4. The molecular formula is C5H12N2O4. The molecule has 0 rings (SSSR count). The summed E-state index contributed by atoms with van der Waals surface area (Å²) in [5.41, 5.74) is 4.81. The molecule has 0 aliphatic heterocycles. The normalized spacial score (nSPS) is 18.9. The van der Waals surface area contributed by atoms with Crippen LogP contribution in [0.1, 0.15) is 0 Å². The first kappa shape index (κ1) is 10.3. The third kappa shape index (κ3) is 2.81. The minimum absolute atomic E-state index is 0.648. The van der Waals surface area contributed by atoms with Gasteiger partial charge in [-0.05, 0) is 0 Å². The van der Waals surface area contributed by atoms with Gasteiger partial charge in [0.25, 0.3) is 0 Å². The molecule has 0 aliphatic rings. The Kier molecular flexibility index (Phi) is 3.98. The Labute approximate surface area is 63.4 Å².